The third kappa shape index (κ3) is 15.1. The lowest BCUT2D eigenvalue weighted by Gasteiger charge is -2.02. The van der Waals surface area contributed by atoms with Crippen LogP contribution in [0.2, 0.25) is 0 Å². The van der Waals surface area contributed by atoms with Crippen molar-refractivity contribution in [3.05, 3.63) is 0 Å². The van der Waals surface area contributed by atoms with Gasteiger partial charge in [-0.1, -0.05) is 71.1 Å². The van der Waals surface area contributed by atoms with Crippen LogP contribution in [0.1, 0.15) is 96.8 Å². The van der Waals surface area contributed by atoms with Crippen molar-refractivity contribution in [1.82, 2.24) is 0 Å². The van der Waals surface area contributed by atoms with Crippen molar-refractivity contribution in [1.29, 1.82) is 5.26 Å². The van der Waals surface area contributed by atoms with E-state index in [0.29, 0.717) is 19.3 Å². The molecule has 0 radical (unpaired) electrons. The molecule has 0 atom stereocenters. The molecule has 19 heavy (non-hydrogen) atoms. The molecule has 2 heteroatoms. The summed E-state index contributed by atoms with van der Waals surface area (Å²) in [6.45, 7) is 2.26. The number of nitriles is 1. The molecular weight excluding hydrogens is 234 g/mol. The molecule has 0 amide bonds. The molecule has 0 aromatic rings. The van der Waals surface area contributed by atoms with Crippen LogP contribution in [-0.2, 0) is 4.79 Å². The second-order valence-electron chi connectivity index (χ2n) is 5.48. The van der Waals surface area contributed by atoms with Gasteiger partial charge in [0.15, 0.2) is 0 Å². The van der Waals surface area contributed by atoms with E-state index in [1.54, 1.807) is 0 Å². The number of rotatable bonds is 14. The highest BCUT2D eigenvalue weighted by Crippen LogP contribution is 2.12. The summed E-state index contributed by atoms with van der Waals surface area (Å²) in [5.41, 5.74) is 0. The van der Waals surface area contributed by atoms with Crippen molar-refractivity contribution in [3.8, 4) is 6.07 Å². The summed E-state index contributed by atoms with van der Waals surface area (Å²) in [4.78, 5) is 11.3. The number of carbonyl (C=O) groups is 1. The van der Waals surface area contributed by atoms with E-state index in [0.717, 1.165) is 6.42 Å². The first-order chi connectivity index (χ1) is 9.31. The Morgan fingerprint density at radius 1 is 0.789 bits per heavy atom. The van der Waals surface area contributed by atoms with Crippen LogP contribution in [0.5, 0.6) is 0 Å². The highest BCUT2D eigenvalue weighted by atomic mass is 16.1. The average molecular weight is 265 g/mol. The number of Topliss-reactive ketones (excluding diaryl/α,β-unsaturated/α-hetero) is 1. The number of hydrogen-bond donors (Lipinski definition) is 0. The largest absolute Gasteiger partial charge is 0.300 e. The van der Waals surface area contributed by atoms with Crippen molar-refractivity contribution in [2.24, 2.45) is 0 Å². The molecule has 0 fully saturated rings. The molecule has 110 valence electrons. The van der Waals surface area contributed by atoms with Gasteiger partial charge >= 0.3 is 0 Å². The fraction of sp³-hybridized carbons (Fsp3) is 0.882. The molecular formula is C17H31NO. The van der Waals surface area contributed by atoms with Gasteiger partial charge < -0.3 is 0 Å². The van der Waals surface area contributed by atoms with E-state index in [1.165, 1.54) is 64.2 Å². The standard InChI is InChI=1S/C17H31NO/c1-2-3-4-5-6-7-8-9-10-11-12-14-17(19)15-13-16-18/h2-15H2,1H3. The number of nitrogens with zero attached hydrogens (tertiary/aromatic N) is 1. The van der Waals surface area contributed by atoms with Crippen LogP contribution in [0, 0.1) is 11.3 Å². The first-order valence-electron chi connectivity index (χ1n) is 8.20. The number of carbonyl (C=O) groups excluding carboxylic acids is 1. The van der Waals surface area contributed by atoms with Gasteiger partial charge in [0.2, 0.25) is 0 Å². The SMILES string of the molecule is CCCCCCCCCCCCCC(=O)CCC#N. The van der Waals surface area contributed by atoms with Gasteiger partial charge in [-0.05, 0) is 6.42 Å². The quantitative estimate of drug-likeness (QED) is 0.386. The first kappa shape index (κ1) is 18.2. The molecule has 0 bridgehead atoms. The normalized spacial score (nSPS) is 10.3. The van der Waals surface area contributed by atoms with Gasteiger partial charge in [-0.25, -0.2) is 0 Å². The summed E-state index contributed by atoms with van der Waals surface area (Å²) >= 11 is 0. The van der Waals surface area contributed by atoms with Crippen LogP contribution >= 0.6 is 0 Å². The lowest BCUT2D eigenvalue weighted by atomic mass is 10.0. The van der Waals surface area contributed by atoms with Crippen molar-refractivity contribution in [3.63, 3.8) is 0 Å². The molecule has 0 aromatic heterocycles. The minimum absolute atomic E-state index is 0.262. The smallest absolute Gasteiger partial charge is 0.133 e. The Morgan fingerprint density at radius 3 is 1.74 bits per heavy atom. The fourth-order valence-electron chi connectivity index (χ4n) is 2.31. The molecule has 2 nitrogen and oxygen atoms in total. The number of ketones is 1. The zero-order valence-electron chi connectivity index (χ0n) is 12.8. The Hall–Kier alpha value is -0.840. The molecule has 0 saturated heterocycles. The van der Waals surface area contributed by atoms with E-state index in [4.69, 9.17) is 5.26 Å². The van der Waals surface area contributed by atoms with Gasteiger partial charge in [-0.2, -0.15) is 5.26 Å². The van der Waals surface area contributed by atoms with Crippen molar-refractivity contribution in [2.45, 2.75) is 96.8 Å². The molecule has 0 spiro atoms. The third-order valence-corrected chi connectivity index (χ3v) is 3.57. The Labute approximate surface area is 119 Å². The van der Waals surface area contributed by atoms with E-state index < -0.39 is 0 Å². The van der Waals surface area contributed by atoms with Crippen LogP contribution in [0.4, 0.5) is 0 Å². The zero-order valence-corrected chi connectivity index (χ0v) is 12.8. The molecule has 0 saturated carbocycles. The van der Waals surface area contributed by atoms with Gasteiger partial charge in [0.25, 0.3) is 0 Å². The van der Waals surface area contributed by atoms with E-state index in [2.05, 4.69) is 6.92 Å². The monoisotopic (exact) mass is 265 g/mol. The van der Waals surface area contributed by atoms with Crippen LogP contribution in [0.15, 0.2) is 0 Å². The second kappa shape index (κ2) is 15.2. The van der Waals surface area contributed by atoms with Gasteiger partial charge in [-0.3, -0.25) is 4.79 Å². The maximum atomic E-state index is 11.3. The average Bonchev–Trinajstić information content (AvgIpc) is 2.42. The minimum atomic E-state index is 0.262. The molecule has 0 heterocycles. The van der Waals surface area contributed by atoms with Crippen LogP contribution in [-0.4, -0.2) is 5.78 Å². The Kier molecular flexibility index (Phi) is 14.5. The van der Waals surface area contributed by atoms with Crippen LogP contribution in [0.25, 0.3) is 0 Å². The summed E-state index contributed by atoms with van der Waals surface area (Å²) in [5.74, 6) is 0.262. The summed E-state index contributed by atoms with van der Waals surface area (Å²) in [6.07, 6.45) is 15.9. The number of hydrogen-bond acceptors (Lipinski definition) is 2. The van der Waals surface area contributed by atoms with Crippen LogP contribution in [0.3, 0.4) is 0 Å². The molecule has 0 aliphatic rings. The Morgan fingerprint density at radius 2 is 1.26 bits per heavy atom. The molecule has 0 unspecified atom stereocenters. The Bertz CT molecular complexity index is 242. The molecule has 0 aromatic carbocycles. The fourth-order valence-corrected chi connectivity index (χ4v) is 2.31. The predicted octanol–water partition coefficient (Wildman–Crippen LogP) is 5.56. The topological polar surface area (TPSA) is 40.9 Å². The zero-order chi connectivity index (χ0) is 14.2. The number of unbranched alkanes of at least 4 members (excludes halogenated alkanes) is 10. The van der Waals surface area contributed by atoms with Crippen molar-refractivity contribution >= 4 is 5.78 Å². The summed E-state index contributed by atoms with van der Waals surface area (Å²) in [7, 11) is 0. The minimum Gasteiger partial charge on any atom is -0.300 e. The summed E-state index contributed by atoms with van der Waals surface area (Å²) in [6, 6.07) is 2.02. The lowest BCUT2D eigenvalue weighted by molar-refractivity contribution is -0.119. The van der Waals surface area contributed by atoms with Gasteiger partial charge in [0.1, 0.15) is 5.78 Å². The maximum Gasteiger partial charge on any atom is 0.133 e. The highest BCUT2D eigenvalue weighted by molar-refractivity contribution is 5.78. The summed E-state index contributed by atoms with van der Waals surface area (Å²) < 4.78 is 0. The van der Waals surface area contributed by atoms with E-state index in [1.807, 2.05) is 6.07 Å². The van der Waals surface area contributed by atoms with E-state index >= 15 is 0 Å². The summed E-state index contributed by atoms with van der Waals surface area (Å²) in [5, 5.41) is 8.37. The maximum absolute atomic E-state index is 11.3. The third-order valence-electron chi connectivity index (χ3n) is 3.57. The second-order valence-corrected chi connectivity index (χ2v) is 5.48. The molecule has 0 N–H and O–H groups in total. The highest BCUT2D eigenvalue weighted by Gasteiger charge is 2.00. The first-order valence-corrected chi connectivity index (χ1v) is 8.20. The lowest BCUT2D eigenvalue weighted by Crippen LogP contribution is -1.96. The molecule has 0 rings (SSSR count). The Balaban J connectivity index is 3.07. The molecule has 0 aliphatic carbocycles. The van der Waals surface area contributed by atoms with Gasteiger partial charge in [0.05, 0.1) is 6.07 Å². The van der Waals surface area contributed by atoms with Gasteiger partial charge in [0, 0.05) is 19.3 Å². The van der Waals surface area contributed by atoms with Crippen LogP contribution < -0.4 is 0 Å². The van der Waals surface area contributed by atoms with Gasteiger partial charge in [-0.15, -0.1) is 0 Å². The van der Waals surface area contributed by atoms with E-state index in [-0.39, 0.29) is 5.78 Å². The van der Waals surface area contributed by atoms with Crippen molar-refractivity contribution in [2.75, 3.05) is 0 Å². The van der Waals surface area contributed by atoms with Crippen molar-refractivity contribution < 1.29 is 4.79 Å². The van der Waals surface area contributed by atoms with E-state index in [9.17, 15) is 4.79 Å². The molecule has 0 aliphatic heterocycles. The predicted molar refractivity (Wildman–Crippen MR) is 80.9 cm³/mol.